The van der Waals surface area contributed by atoms with Gasteiger partial charge in [0.05, 0.1) is 18.3 Å². The zero-order valence-corrected chi connectivity index (χ0v) is 15.0. The van der Waals surface area contributed by atoms with Crippen molar-refractivity contribution in [1.82, 2.24) is 0 Å². The van der Waals surface area contributed by atoms with Crippen molar-refractivity contribution in [3.63, 3.8) is 0 Å². The largest absolute Gasteiger partial charge is 0.481 e. The van der Waals surface area contributed by atoms with Gasteiger partial charge in [-0.1, -0.05) is 74.8 Å². The van der Waals surface area contributed by atoms with Gasteiger partial charge in [0.1, 0.15) is 0 Å². The number of aliphatic hydroxyl groups excluding tert-OH is 3. The molecule has 0 radical (unpaired) electrons. The van der Waals surface area contributed by atoms with Crippen LogP contribution >= 0.6 is 0 Å². The number of carbonyl (C=O) groups is 1. The van der Waals surface area contributed by atoms with E-state index in [1.807, 2.05) is 0 Å². The SMILES string of the molecule is CCCCCC(O)[C@H](O)C=CC=CC=CC=CC(O)CCCC(=O)O. The van der Waals surface area contributed by atoms with Gasteiger partial charge in [-0.05, 0) is 19.3 Å². The summed E-state index contributed by atoms with van der Waals surface area (Å²) in [6.45, 7) is 2.09. The highest BCUT2D eigenvalue weighted by molar-refractivity contribution is 5.66. The standard InChI is InChI=1S/C20H32O5/c1-2-3-8-14-18(22)19(23)15-10-7-5-4-6-9-12-17(21)13-11-16-20(24)25/h4-7,9-10,12,15,17-19,21-23H,2-3,8,11,13-14,16H2,1H3,(H,24,25)/t17?,18?,19-/m1/s1. The van der Waals surface area contributed by atoms with Crippen molar-refractivity contribution in [1.29, 1.82) is 0 Å². The van der Waals surface area contributed by atoms with Crippen LogP contribution < -0.4 is 0 Å². The van der Waals surface area contributed by atoms with Crippen LogP contribution in [0.25, 0.3) is 0 Å². The van der Waals surface area contributed by atoms with E-state index < -0.39 is 24.3 Å². The average Bonchev–Trinajstić information content (AvgIpc) is 2.56. The fourth-order valence-electron chi connectivity index (χ4n) is 2.09. The number of hydrogen-bond acceptors (Lipinski definition) is 4. The molecule has 0 aliphatic rings. The Balaban J connectivity index is 3.96. The molecule has 5 nitrogen and oxygen atoms in total. The number of aliphatic hydroxyl groups is 3. The Morgan fingerprint density at radius 1 is 0.840 bits per heavy atom. The summed E-state index contributed by atoms with van der Waals surface area (Å²) in [4.78, 5) is 10.4. The van der Waals surface area contributed by atoms with Crippen molar-refractivity contribution in [3.05, 3.63) is 48.6 Å². The second-order valence-corrected chi connectivity index (χ2v) is 5.95. The summed E-state index contributed by atoms with van der Waals surface area (Å²) in [5.41, 5.74) is 0. The van der Waals surface area contributed by atoms with Crippen LogP contribution in [-0.2, 0) is 4.79 Å². The number of hydrogen-bond donors (Lipinski definition) is 4. The third-order valence-corrected chi connectivity index (χ3v) is 3.59. The minimum atomic E-state index is -0.855. The molecule has 0 aromatic rings. The lowest BCUT2D eigenvalue weighted by Gasteiger charge is -2.13. The Hall–Kier alpha value is -1.69. The van der Waals surface area contributed by atoms with Gasteiger partial charge in [-0.3, -0.25) is 4.79 Å². The first-order valence-corrected chi connectivity index (χ1v) is 8.91. The molecule has 0 aliphatic heterocycles. The molecular weight excluding hydrogens is 320 g/mol. The first-order chi connectivity index (χ1) is 12.0. The fourth-order valence-corrected chi connectivity index (χ4v) is 2.09. The van der Waals surface area contributed by atoms with Crippen molar-refractivity contribution < 1.29 is 25.2 Å². The summed E-state index contributed by atoms with van der Waals surface area (Å²) in [6.07, 6.45) is 16.0. The Morgan fingerprint density at radius 2 is 1.44 bits per heavy atom. The van der Waals surface area contributed by atoms with Crippen molar-refractivity contribution in [3.8, 4) is 0 Å². The molecule has 0 fully saturated rings. The van der Waals surface area contributed by atoms with Crippen LogP contribution in [0.2, 0.25) is 0 Å². The molecule has 0 aromatic heterocycles. The Kier molecular flexibility index (Phi) is 14.7. The Bertz CT molecular complexity index is 451. The van der Waals surface area contributed by atoms with E-state index >= 15 is 0 Å². The van der Waals surface area contributed by atoms with Crippen LogP contribution in [0.5, 0.6) is 0 Å². The third kappa shape index (κ3) is 15.6. The van der Waals surface area contributed by atoms with Gasteiger partial charge in [-0.15, -0.1) is 0 Å². The highest BCUT2D eigenvalue weighted by atomic mass is 16.4. The first-order valence-electron chi connectivity index (χ1n) is 8.91. The van der Waals surface area contributed by atoms with Crippen molar-refractivity contribution in [2.24, 2.45) is 0 Å². The second-order valence-electron chi connectivity index (χ2n) is 5.95. The van der Waals surface area contributed by atoms with Gasteiger partial charge in [0.15, 0.2) is 0 Å². The zero-order valence-electron chi connectivity index (χ0n) is 15.0. The highest BCUT2D eigenvalue weighted by Crippen LogP contribution is 2.07. The Labute approximate surface area is 150 Å². The second kappa shape index (κ2) is 15.8. The average molecular weight is 352 g/mol. The third-order valence-electron chi connectivity index (χ3n) is 3.59. The normalized spacial score (nSPS) is 16.3. The molecule has 0 bridgehead atoms. The van der Waals surface area contributed by atoms with E-state index in [4.69, 9.17) is 5.11 Å². The molecule has 142 valence electrons. The molecule has 0 heterocycles. The highest BCUT2D eigenvalue weighted by Gasteiger charge is 2.11. The van der Waals surface area contributed by atoms with Crippen molar-refractivity contribution >= 4 is 5.97 Å². The van der Waals surface area contributed by atoms with Crippen LogP contribution in [-0.4, -0.2) is 44.7 Å². The molecule has 0 aliphatic carbocycles. The molecule has 25 heavy (non-hydrogen) atoms. The van der Waals surface area contributed by atoms with Gasteiger partial charge in [-0.25, -0.2) is 0 Å². The van der Waals surface area contributed by atoms with Gasteiger partial charge in [0.2, 0.25) is 0 Å². The molecule has 5 heteroatoms. The van der Waals surface area contributed by atoms with E-state index in [0.717, 1.165) is 19.3 Å². The summed E-state index contributed by atoms with van der Waals surface area (Å²) >= 11 is 0. The molecule has 0 amide bonds. The summed E-state index contributed by atoms with van der Waals surface area (Å²) < 4.78 is 0. The van der Waals surface area contributed by atoms with E-state index in [1.54, 1.807) is 48.6 Å². The molecule has 0 aromatic carbocycles. The number of unbranched alkanes of at least 4 members (excludes halogenated alkanes) is 2. The predicted octanol–water partition coefficient (Wildman–Crippen LogP) is 3.13. The molecule has 3 atom stereocenters. The van der Waals surface area contributed by atoms with Gasteiger partial charge in [0.25, 0.3) is 0 Å². The summed E-state index contributed by atoms with van der Waals surface area (Å²) in [7, 11) is 0. The topological polar surface area (TPSA) is 98.0 Å². The van der Waals surface area contributed by atoms with Crippen molar-refractivity contribution in [2.75, 3.05) is 0 Å². The molecule has 0 saturated carbocycles. The van der Waals surface area contributed by atoms with Crippen molar-refractivity contribution in [2.45, 2.75) is 70.2 Å². The van der Waals surface area contributed by atoms with E-state index in [0.29, 0.717) is 19.3 Å². The summed E-state index contributed by atoms with van der Waals surface area (Å²) in [6, 6.07) is 0. The van der Waals surface area contributed by atoms with Crippen LogP contribution in [0.4, 0.5) is 0 Å². The lowest BCUT2D eigenvalue weighted by molar-refractivity contribution is -0.137. The van der Waals surface area contributed by atoms with Gasteiger partial charge in [-0.2, -0.15) is 0 Å². The molecule has 2 unspecified atom stereocenters. The lowest BCUT2D eigenvalue weighted by atomic mass is 10.1. The van der Waals surface area contributed by atoms with Gasteiger partial charge in [0, 0.05) is 6.42 Å². The summed E-state index contributed by atoms with van der Waals surface area (Å²) in [5, 5.41) is 37.6. The van der Waals surface area contributed by atoms with Crippen LogP contribution in [0.3, 0.4) is 0 Å². The number of aliphatic carboxylic acids is 1. The minimum Gasteiger partial charge on any atom is -0.481 e. The first kappa shape index (κ1) is 23.3. The number of carboxylic acid groups (broad SMARTS) is 1. The van der Waals surface area contributed by atoms with E-state index in [9.17, 15) is 20.1 Å². The monoisotopic (exact) mass is 352 g/mol. The number of carboxylic acids is 1. The summed E-state index contributed by atoms with van der Waals surface area (Å²) in [5.74, 6) is -0.854. The number of rotatable bonds is 14. The molecule has 0 saturated heterocycles. The smallest absolute Gasteiger partial charge is 0.303 e. The van der Waals surface area contributed by atoms with E-state index in [-0.39, 0.29) is 6.42 Å². The quantitative estimate of drug-likeness (QED) is 0.284. The van der Waals surface area contributed by atoms with Gasteiger partial charge >= 0.3 is 5.97 Å². The zero-order chi connectivity index (χ0) is 18.9. The lowest BCUT2D eigenvalue weighted by Crippen LogP contribution is -2.23. The van der Waals surface area contributed by atoms with E-state index in [2.05, 4.69) is 6.92 Å². The molecule has 0 rings (SSSR count). The number of allylic oxidation sites excluding steroid dienone is 6. The van der Waals surface area contributed by atoms with E-state index in [1.165, 1.54) is 0 Å². The van der Waals surface area contributed by atoms with Crippen LogP contribution in [0, 0.1) is 0 Å². The molecule has 0 spiro atoms. The maximum Gasteiger partial charge on any atom is 0.303 e. The van der Waals surface area contributed by atoms with Crippen LogP contribution in [0.15, 0.2) is 48.6 Å². The maximum atomic E-state index is 10.4. The molecule has 4 N–H and O–H groups in total. The molecular formula is C20H32O5. The maximum absolute atomic E-state index is 10.4. The fraction of sp³-hybridized carbons (Fsp3) is 0.550. The minimum absolute atomic E-state index is 0.0644. The van der Waals surface area contributed by atoms with Crippen LogP contribution in [0.1, 0.15) is 51.9 Å². The Morgan fingerprint density at radius 3 is 2.04 bits per heavy atom. The predicted molar refractivity (Wildman–Crippen MR) is 100 cm³/mol. The van der Waals surface area contributed by atoms with Gasteiger partial charge < -0.3 is 20.4 Å².